The van der Waals surface area contributed by atoms with Crippen LogP contribution < -0.4 is 10.4 Å². The number of ether oxygens (including phenoxy) is 1. The molecule has 0 aromatic heterocycles. The van der Waals surface area contributed by atoms with E-state index in [9.17, 15) is 4.79 Å². The van der Waals surface area contributed by atoms with Gasteiger partial charge in [-0.15, -0.1) is 0 Å². The van der Waals surface area contributed by atoms with Gasteiger partial charge in [0, 0.05) is 15.6 Å². The molecule has 0 unspecified atom stereocenters. The van der Waals surface area contributed by atoms with Crippen LogP contribution in [0.5, 0.6) is 0 Å². The van der Waals surface area contributed by atoms with Crippen molar-refractivity contribution in [2.75, 3.05) is 12.1 Å². The molecule has 1 aliphatic rings. The van der Waals surface area contributed by atoms with E-state index in [2.05, 4.69) is 21.4 Å². The maximum atomic E-state index is 11.7. The summed E-state index contributed by atoms with van der Waals surface area (Å²) in [6.07, 6.45) is 1.52. The number of halogens is 1. The monoisotopic (exact) mass is 344 g/mol. The summed E-state index contributed by atoms with van der Waals surface area (Å²) in [5.74, 6) is 0. The molecule has 1 amide bonds. The minimum absolute atomic E-state index is 0.516. The number of methoxy groups -OCH3 is 1. The van der Waals surface area contributed by atoms with Gasteiger partial charge in [0.1, 0.15) is 0 Å². The van der Waals surface area contributed by atoms with Crippen LogP contribution in [-0.4, -0.2) is 13.2 Å². The van der Waals surface area contributed by atoms with Crippen molar-refractivity contribution < 1.29 is 9.53 Å². The Balaban J connectivity index is 2.21. The summed E-state index contributed by atoms with van der Waals surface area (Å²) in [6.45, 7) is 0. The lowest BCUT2D eigenvalue weighted by Crippen LogP contribution is -2.39. The van der Waals surface area contributed by atoms with Crippen molar-refractivity contribution in [1.29, 1.82) is 0 Å². The Morgan fingerprint density at radius 1 is 1.10 bits per heavy atom. The normalized spacial score (nSPS) is 12.7. The highest BCUT2D eigenvalue weighted by molar-refractivity contribution is 9.15. The SMILES string of the molecule is COC(=O)NN1c2ccccc2C=C(Br)c2ccccc21. The van der Waals surface area contributed by atoms with Gasteiger partial charge in [0.2, 0.25) is 0 Å². The van der Waals surface area contributed by atoms with E-state index >= 15 is 0 Å². The van der Waals surface area contributed by atoms with E-state index in [-0.39, 0.29) is 0 Å². The molecule has 1 aliphatic heterocycles. The fourth-order valence-electron chi connectivity index (χ4n) is 2.29. The van der Waals surface area contributed by atoms with Gasteiger partial charge in [0.15, 0.2) is 0 Å². The predicted molar refractivity (Wildman–Crippen MR) is 87.4 cm³/mol. The lowest BCUT2D eigenvalue weighted by molar-refractivity contribution is 0.171. The standard InChI is InChI=1S/C16H13BrN2O2/c1-21-16(20)18-19-14-8-4-2-6-11(14)10-13(17)12-7-3-5-9-15(12)19/h2-10H,1H3,(H,18,20). The molecule has 0 aliphatic carbocycles. The molecule has 0 spiro atoms. The number of carbonyl (C=O) groups excluding carboxylic acids is 1. The zero-order valence-corrected chi connectivity index (χ0v) is 12.9. The molecule has 3 rings (SSSR count). The molecule has 2 aromatic carbocycles. The molecular weight excluding hydrogens is 332 g/mol. The number of para-hydroxylation sites is 2. The zero-order valence-electron chi connectivity index (χ0n) is 11.3. The summed E-state index contributed by atoms with van der Waals surface area (Å²) in [5.41, 5.74) is 6.50. The first kappa shape index (κ1) is 13.7. The minimum atomic E-state index is -0.516. The molecule has 0 atom stereocenters. The van der Waals surface area contributed by atoms with Crippen molar-refractivity contribution in [1.82, 2.24) is 5.43 Å². The zero-order chi connectivity index (χ0) is 14.8. The lowest BCUT2D eigenvalue weighted by atomic mass is 10.1. The Labute approximate surface area is 131 Å². The van der Waals surface area contributed by atoms with Crippen LogP contribution in [0.25, 0.3) is 10.6 Å². The van der Waals surface area contributed by atoms with Crippen LogP contribution in [0.15, 0.2) is 48.5 Å². The molecule has 106 valence electrons. The van der Waals surface area contributed by atoms with Crippen molar-refractivity contribution in [3.05, 3.63) is 59.7 Å². The van der Waals surface area contributed by atoms with Gasteiger partial charge in [-0.05, 0) is 18.2 Å². The summed E-state index contributed by atoms with van der Waals surface area (Å²) in [4.78, 5) is 11.7. The number of hydrazine groups is 1. The van der Waals surface area contributed by atoms with Crippen LogP contribution in [0, 0.1) is 0 Å². The molecule has 1 heterocycles. The second-order valence-corrected chi connectivity index (χ2v) is 5.36. The molecule has 1 N–H and O–H groups in total. The molecule has 0 radical (unpaired) electrons. The average molecular weight is 345 g/mol. The van der Waals surface area contributed by atoms with E-state index in [0.29, 0.717) is 0 Å². The summed E-state index contributed by atoms with van der Waals surface area (Å²) < 4.78 is 5.69. The van der Waals surface area contributed by atoms with Gasteiger partial charge in [-0.3, -0.25) is 0 Å². The minimum Gasteiger partial charge on any atom is -0.452 e. The van der Waals surface area contributed by atoms with Gasteiger partial charge in [0.05, 0.1) is 18.5 Å². The van der Waals surface area contributed by atoms with Crippen molar-refractivity contribution in [3.8, 4) is 0 Å². The molecule has 5 heteroatoms. The number of hydrogen-bond acceptors (Lipinski definition) is 3. The van der Waals surface area contributed by atoms with E-state index < -0.39 is 6.09 Å². The second-order valence-electron chi connectivity index (χ2n) is 4.51. The Morgan fingerprint density at radius 2 is 1.76 bits per heavy atom. The van der Waals surface area contributed by atoms with Crippen LogP contribution in [0.1, 0.15) is 11.1 Å². The fraction of sp³-hybridized carbons (Fsp3) is 0.0625. The number of fused-ring (bicyclic) bond motifs is 2. The van der Waals surface area contributed by atoms with Gasteiger partial charge in [-0.1, -0.05) is 52.3 Å². The molecule has 0 bridgehead atoms. The first-order chi connectivity index (χ1) is 10.2. The van der Waals surface area contributed by atoms with Crippen molar-refractivity contribution >= 4 is 44.0 Å². The van der Waals surface area contributed by atoms with Crippen LogP contribution in [-0.2, 0) is 4.74 Å². The lowest BCUT2D eigenvalue weighted by Gasteiger charge is -2.26. The van der Waals surface area contributed by atoms with Gasteiger partial charge in [-0.2, -0.15) is 0 Å². The second kappa shape index (κ2) is 5.61. The highest BCUT2D eigenvalue weighted by atomic mass is 79.9. The van der Waals surface area contributed by atoms with Gasteiger partial charge in [-0.25, -0.2) is 15.2 Å². The summed E-state index contributed by atoms with van der Waals surface area (Å²) >= 11 is 3.61. The average Bonchev–Trinajstić information content (AvgIpc) is 2.63. The van der Waals surface area contributed by atoms with Crippen LogP contribution in [0.2, 0.25) is 0 Å². The van der Waals surface area contributed by atoms with E-state index in [1.165, 1.54) is 7.11 Å². The molecule has 2 aromatic rings. The number of amides is 1. The quantitative estimate of drug-likeness (QED) is 0.838. The topological polar surface area (TPSA) is 41.6 Å². The predicted octanol–water partition coefficient (Wildman–Crippen LogP) is 4.30. The van der Waals surface area contributed by atoms with Gasteiger partial charge in [0.25, 0.3) is 0 Å². The van der Waals surface area contributed by atoms with Crippen molar-refractivity contribution in [2.45, 2.75) is 0 Å². The fourth-order valence-corrected chi connectivity index (χ4v) is 2.87. The third kappa shape index (κ3) is 2.52. The smallest absolute Gasteiger partial charge is 0.426 e. The maximum absolute atomic E-state index is 11.7. The number of anilines is 2. The van der Waals surface area contributed by atoms with E-state index in [1.54, 1.807) is 5.01 Å². The maximum Gasteiger partial charge on any atom is 0.426 e. The summed E-state index contributed by atoms with van der Waals surface area (Å²) in [6, 6.07) is 15.7. The number of hydrogen-bond donors (Lipinski definition) is 1. The van der Waals surface area contributed by atoms with Crippen LogP contribution in [0.3, 0.4) is 0 Å². The van der Waals surface area contributed by atoms with Gasteiger partial charge < -0.3 is 4.74 Å². The Hall–Kier alpha value is -2.27. The highest BCUT2D eigenvalue weighted by Crippen LogP contribution is 2.40. The molecule has 0 saturated heterocycles. The highest BCUT2D eigenvalue weighted by Gasteiger charge is 2.22. The number of rotatable bonds is 1. The Morgan fingerprint density at radius 3 is 2.52 bits per heavy atom. The van der Waals surface area contributed by atoms with Gasteiger partial charge >= 0.3 is 6.09 Å². The van der Waals surface area contributed by atoms with Crippen LogP contribution >= 0.6 is 15.9 Å². The molecule has 0 saturated carbocycles. The van der Waals surface area contributed by atoms with E-state index in [1.807, 2.05) is 54.6 Å². The Kier molecular flexibility index (Phi) is 3.66. The third-order valence-electron chi connectivity index (χ3n) is 3.25. The summed E-state index contributed by atoms with van der Waals surface area (Å²) in [5, 5.41) is 1.74. The Bertz CT molecular complexity index is 728. The number of carbonyl (C=O) groups is 1. The van der Waals surface area contributed by atoms with Crippen molar-refractivity contribution in [2.24, 2.45) is 0 Å². The third-order valence-corrected chi connectivity index (χ3v) is 3.91. The molecule has 4 nitrogen and oxygen atoms in total. The molecule has 21 heavy (non-hydrogen) atoms. The van der Waals surface area contributed by atoms with Crippen molar-refractivity contribution in [3.63, 3.8) is 0 Å². The number of nitrogens with zero attached hydrogens (tertiary/aromatic N) is 1. The molecule has 0 fully saturated rings. The van der Waals surface area contributed by atoms with Crippen LogP contribution in [0.4, 0.5) is 16.2 Å². The first-order valence-corrected chi connectivity index (χ1v) is 7.20. The molecular formula is C16H13BrN2O2. The number of nitrogens with one attached hydrogen (secondary N) is 1. The largest absolute Gasteiger partial charge is 0.452 e. The summed E-state index contributed by atoms with van der Waals surface area (Å²) in [7, 11) is 1.35. The van der Waals surface area contributed by atoms with E-state index in [0.717, 1.165) is 27.0 Å². The first-order valence-electron chi connectivity index (χ1n) is 6.41. The van der Waals surface area contributed by atoms with E-state index in [4.69, 9.17) is 4.74 Å². The number of benzene rings is 2.